The number of hydrogen-bond acceptors (Lipinski definition) is 8. The summed E-state index contributed by atoms with van der Waals surface area (Å²) in [6.07, 6.45) is -0.00481. The summed E-state index contributed by atoms with van der Waals surface area (Å²) >= 11 is 0. The maximum absolute atomic E-state index is 12.4. The van der Waals surface area contributed by atoms with Gasteiger partial charge in [-0.1, -0.05) is 36.4 Å². The minimum Gasteiger partial charge on any atom is -0.497 e. The molecule has 2 N–H and O–H groups in total. The normalized spacial score (nSPS) is 23.5. The molecule has 4 atom stereocenters. The smallest absolute Gasteiger partial charge is 0.412 e. The van der Waals surface area contributed by atoms with Crippen molar-refractivity contribution in [2.45, 2.75) is 24.4 Å². The summed E-state index contributed by atoms with van der Waals surface area (Å²) < 4.78 is 22.6. The zero-order chi connectivity index (χ0) is 22.6. The van der Waals surface area contributed by atoms with Gasteiger partial charge in [0.1, 0.15) is 18.0 Å². The van der Waals surface area contributed by atoms with Crippen molar-refractivity contribution in [3.63, 3.8) is 0 Å². The van der Waals surface area contributed by atoms with E-state index in [-0.39, 0.29) is 24.9 Å². The van der Waals surface area contributed by atoms with Crippen LogP contribution in [-0.4, -0.2) is 60.7 Å². The standard InChI is InChI=1S/C24H24N4O5/c1-30-17-9-5-8-16(12-17)26-24(29)33-20-14-32-21-19(13-31-22(20)21)28-23-25-11-10-18(27-23)15-6-3-2-4-7-15/h2-12,19-22H,13-14H2,1H3,(H,26,29)(H,25,27,28). The zero-order valence-electron chi connectivity index (χ0n) is 18.0. The number of nitrogens with zero attached hydrogens (tertiary/aromatic N) is 2. The molecule has 2 aromatic carbocycles. The number of rotatable bonds is 6. The number of ether oxygens (including phenoxy) is 4. The van der Waals surface area contributed by atoms with E-state index in [1.54, 1.807) is 37.6 Å². The average molecular weight is 448 g/mol. The maximum atomic E-state index is 12.4. The summed E-state index contributed by atoms with van der Waals surface area (Å²) in [5.41, 5.74) is 2.42. The van der Waals surface area contributed by atoms with Gasteiger partial charge in [0.15, 0.2) is 6.10 Å². The van der Waals surface area contributed by atoms with E-state index in [1.165, 1.54) is 0 Å². The molecular formula is C24H24N4O5. The number of anilines is 2. The van der Waals surface area contributed by atoms with Gasteiger partial charge in [0.25, 0.3) is 0 Å². The lowest BCUT2D eigenvalue weighted by molar-refractivity contribution is 0.00917. The lowest BCUT2D eigenvalue weighted by Crippen LogP contribution is -2.38. The molecule has 4 unspecified atom stereocenters. The van der Waals surface area contributed by atoms with Crippen molar-refractivity contribution in [2.75, 3.05) is 31.0 Å². The second-order valence-electron chi connectivity index (χ2n) is 7.78. The molecule has 0 aliphatic carbocycles. The van der Waals surface area contributed by atoms with Gasteiger partial charge in [0.2, 0.25) is 5.95 Å². The van der Waals surface area contributed by atoms with E-state index >= 15 is 0 Å². The summed E-state index contributed by atoms with van der Waals surface area (Å²) in [5, 5.41) is 6.01. The molecular weight excluding hydrogens is 424 g/mol. The van der Waals surface area contributed by atoms with Crippen molar-refractivity contribution >= 4 is 17.7 Å². The van der Waals surface area contributed by atoms with Crippen molar-refractivity contribution in [1.82, 2.24) is 9.97 Å². The van der Waals surface area contributed by atoms with Gasteiger partial charge in [-0.2, -0.15) is 0 Å². The van der Waals surface area contributed by atoms with Crippen LogP contribution < -0.4 is 15.4 Å². The monoisotopic (exact) mass is 448 g/mol. The second kappa shape index (κ2) is 9.43. The molecule has 170 valence electrons. The molecule has 1 amide bonds. The molecule has 0 radical (unpaired) electrons. The summed E-state index contributed by atoms with van der Waals surface area (Å²) in [7, 11) is 1.57. The molecule has 33 heavy (non-hydrogen) atoms. The average Bonchev–Trinajstić information content (AvgIpc) is 3.43. The molecule has 2 aliphatic rings. The van der Waals surface area contributed by atoms with Gasteiger partial charge in [0.05, 0.1) is 32.1 Å². The third-order valence-electron chi connectivity index (χ3n) is 5.62. The topological polar surface area (TPSA) is 104 Å². The highest BCUT2D eigenvalue weighted by molar-refractivity contribution is 5.85. The maximum Gasteiger partial charge on any atom is 0.412 e. The fourth-order valence-corrected chi connectivity index (χ4v) is 4.04. The number of aromatic nitrogens is 2. The Labute approximate surface area is 191 Å². The Hall–Kier alpha value is -3.69. The third kappa shape index (κ3) is 4.74. The van der Waals surface area contributed by atoms with Gasteiger partial charge in [-0.05, 0) is 18.2 Å². The highest BCUT2D eigenvalue weighted by Gasteiger charge is 2.49. The van der Waals surface area contributed by atoms with Crippen LogP contribution in [0.4, 0.5) is 16.4 Å². The Balaban J connectivity index is 1.19. The zero-order valence-corrected chi connectivity index (χ0v) is 18.0. The molecule has 9 nitrogen and oxygen atoms in total. The first-order valence-electron chi connectivity index (χ1n) is 10.7. The van der Waals surface area contributed by atoms with Gasteiger partial charge in [-0.25, -0.2) is 14.8 Å². The van der Waals surface area contributed by atoms with Gasteiger partial charge in [-0.15, -0.1) is 0 Å². The highest BCUT2D eigenvalue weighted by atomic mass is 16.6. The van der Waals surface area contributed by atoms with E-state index in [9.17, 15) is 4.79 Å². The van der Waals surface area contributed by atoms with Crippen molar-refractivity contribution < 1.29 is 23.7 Å². The Morgan fingerprint density at radius 3 is 2.73 bits per heavy atom. The number of fused-ring (bicyclic) bond motifs is 1. The number of amides is 1. The van der Waals surface area contributed by atoms with E-state index in [4.69, 9.17) is 18.9 Å². The van der Waals surface area contributed by atoms with Crippen LogP contribution in [0.25, 0.3) is 11.3 Å². The Bertz CT molecular complexity index is 1110. The van der Waals surface area contributed by atoms with E-state index in [0.717, 1.165) is 11.3 Å². The number of carbonyl (C=O) groups excluding carboxylic acids is 1. The number of methoxy groups -OCH3 is 1. The molecule has 0 bridgehead atoms. The summed E-state index contributed by atoms with van der Waals surface area (Å²) in [4.78, 5) is 21.3. The fourth-order valence-electron chi connectivity index (χ4n) is 4.04. The molecule has 2 aliphatic heterocycles. The molecule has 3 heterocycles. The predicted octanol–water partition coefficient (Wildman–Crippen LogP) is 3.35. The first kappa shape index (κ1) is 21.2. The first-order chi connectivity index (χ1) is 16.2. The van der Waals surface area contributed by atoms with Crippen LogP contribution in [-0.2, 0) is 14.2 Å². The molecule has 3 aromatic rings. The molecule has 2 fully saturated rings. The van der Waals surface area contributed by atoms with E-state index in [0.29, 0.717) is 24.0 Å². The summed E-state index contributed by atoms with van der Waals surface area (Å²) in [6, 6.07) is 18.7. The lowest BCUT2D eigenvalue weighted by atomic mass is 10.1. The van der Waals surface area contributed by atoms with Gasteiger partial charge < -0.3 is 24.3 Å². The van der Waals surface area contributed by atoms with Crippen LogP contribution >= 0.6 is 0 Å². The van der Waals surface area contributed by atoms with Gasteiger partial charge in [-0.3, -0.25) is 5.32 Å². The van der Waals surface area contributed by atoms with Crippen LogP contribution in [0.5, 0.6) is 5.75 Å². The number of nitrogens with one attached hydrogen (secondary N) is 2. The quantitative estimate of drug-likeness (QED) is 0.592. The minimum absolute atomic E-state index is 0.156. The van der Waals surface area contributed by atoms with Crippen LogP contribution in [0, 0.1) is 0 Å². The SMILES string of the molecule is COc1cccc(NC(=O)OC2COC3C(Nc4nccc(-c5ccccc5)n4)COC23)c1. The predicted molar refractivity (Wildman–Crippen MR) is 121 cm³/mol. The highest BCUT2D eigenvalue weighted by Crippen LogP contribution is 2.31. The van der Waals surface area contributed by atoms with Crippen LogP contribution in [0.15, 0.2) is 66.9 Å². The fraction of sp³-hybridized carbons (Fsp3) is 0.292. The first-order valence-corrected chi connectivity index (χ1v) is 10.7. The Morgan fingerprint density at radius 2 is 1.88 bits per heavy atom. The Morgan fingerprint density at radius 1 is 1.03 bits per heavy atom. The van der Waals surface area contributed by atoms with Crippen LogP contribution in [0.2, 0.25) is 0 Å². The van der Waals surface area contributed by atoms with Crippen molar-refractivity contribution in [1.29, 1.82) is 0 Å². The van der Waals surface area contributed by atoms with E-state index < -0.39 is 12.2 Å². The molecule has 0 spiro atoms. The van der Waals surface area contributed by atoms with Gasteiger partial charge >= 0.3 is 6.09 Å². The van der Waals surface area contributed by atoms with Crippen molar-refractivity contribution in [2.24, 2.45) is 0 Å². The van der Waals surface area contributed by atoms with Crippen molar-refractivity contribution in [3.05, 3.63) is 66.9 Å². The molecule has 5 rings (SSSR count). The number of carbonyl (C=O) groups is 1. The van der Waals surface area contributed by atoms with Gasteiger partial charge in [0, 0.05) is 23.5 Å². The van der Waals surface area contributed by atoms with Crippen LogP contribution in [0.1, 0.15) is 0 Å². The molecule has 0 saturated carbocycles. The molecule has 9 heteroatoms. The van der Waals surface area contributed by atoms with E-state index in [1.807, 2.05) is 36.4 Å². The largest absolute Gasteiger partial charge is 0.497 e. The molecule has 2 saturated heterocycles. The minimum atomic E-state index is -0.573. The van der Waals surface area contributed by atoms with Crippen molar-refractivity contribution in [3.8, 4) is 17.0 Å². The summed E-state index contributed by atoms with van der Waals surface area (Å²) in [5.74, 6) is 1.14. The third-order valence-corrected chi connectivity index (χ3v) is 5.62. The number of hydrogen-bond donors (Lipinski definition) is 2. The van der Waals surface area contributed by atoms with Crippen LogP contribution in [0.3, 0.4) is 0 Å². The summed E-state index contributed by atoms with van der Waals surface area (Å²) in [6.45, 7) is 0.648. The second-order valence-corrected chi connectivity index (χ2v) is 7.78. The Kier molecular flexibility index (Phi) is 6.05. The molecule has 1 aromatic heterocycles. The lowest BCUT2D eigenvalue weighted by Gasteiger charge is -2.18. The number of benzene rings is 2. The van der Waals surface area contributed by atoms with E-state index in [2.05, 4.69) is 20.6 Å².